The van der Waals surface area contributed by atoms with Crippen LogP contribution in [0.1, 0.15) is 33.1 Å². The summed E-state index contributed by atoms with van der Waals surface area (Å²) < 4.78 is 0. The van der Waals surface area contributed by atoms with Crippen LogP contribution in [0.5, 0.6) is 0 Å². The van der Waals surface area contributed by atoms with Crippen molar-refractivity contribution < 1.29 is 0 Å². The first kappa shape index (κ1) is 36.5. The zero-order valence-electron chi connectivity index (χ0n) is 18.4. The van der Waals surface area contributed by atoms with Gasteiger partial charge in [-0.05, 0) is 78.3 Å². The molecule has 18 heteroatoms. The van der Waals surface area contributed by atoms with Crippen LogP contribution in [0.25, 0.3) is 4.85 Å². The second kappa shape index (κ2) is 19.5. The van der Waals surface area contributed by atoms with Crippen molar-refractivity contribution in [2.24, 2.45) is 11.8 Å². The molecular weight excluding hydrogens is 670 g/mol. The molecule has 180 valence electrons. The number of allylic oxidation sites excluding steroid dienone is 4. The first-order valence-corrected chi connectivity index (χ1v) is 33.7. The summed E-state index contributed by atoms with van der Waals surface area (Å²) in [5.41, 5.74) is 1.08. The molecule has 1 saturated carbocycles. The van der Waals surface area contributed by atoms with E-state index < -0.39 is 0 Å². The second-order valence-electron chi connectivity index (χ2n) is 6.78. The number of rotatable bonds is 7. The Kier molecular flexibility index (Phi) is 21.6. The van der Waals surface area contributed by atoms with Crippen molar-refractivity contribution in [1.29, 1.82) is 15.8 Å². The maximum Gasteiger partial charge on any atom is 0.265 e. The van der Waals surface area contributed by atoms with Crippen LogP contribution in [0.2, 0.25) is 0 Å². The molecule has 0 aromatic heterocycles. The van der Waals surface area contributed by atoms with Gasteiger partial charge in [-0.2, -0.15) is 10.5 Å². The molecular formula is C15H30N4P14. The van der Waals surface area contributed by atoms with Crippen LogP contribution in [-0.2, 0) is 0 Å². The van der Waals surface area contributed by atoms with E-state index in [4.69, 9.17) is 22.4 Å². The average Bonchev–Trinajstić information content (AvgIpc) is 3.15. The quantitative estimate of drug-likeness (QED) is 0.115. The molecule has 0 heterocycles. The fourth-order valence-electron chi connectivity index (χ4n) is 3.30. The molecule has 1 rings (SSSR count). The Morgan fingerprint density at radius 1 is 0.818 bits per heavy atom. The first-order chi connectivity index (χ1) is 15.4. The van der Waals surface area contributed by atoms with Crippen molar-refractivity contribution in [3.8, 4) is 18.2 Å². The Balaban J connectivity index is 0.000000653. The van der Waals surface area contributed by atoms with Crippen LogP contribution in [-0.4, -0.2) is 0 Å². The molecule has 4 nitrogen and oxygen atoms in total. The third-order valence-electron chi connectivity index (χ3n) is 4.69. The topological polar surface area (TPSA) is 75.7 Å². The second-order valence-corrected chi connectivity index (χ2v) is 60.3. The Morgan fingerprint density at radius 2 is 1.24 bits per heavy atom. The van der Waals surface area contributed by atoms with Gasteiger partial charge in [-0.3, -0.25) is 0 Å². The molecule has 1 aliphatic carbocycles. The molecule has 0 N–H and O–H groups in total. The fraction of sp³-hybridized carbons (Fsp3) is 0.467. The molecule has 1 fully saturated rings. The molecule has 0 spiro atoms. The predicted molar refractivity (Wildman–Crippen MR) is 189 cm³/mol. The molecule has 10 unspecified atom stereocenters. The summed E-state index contributed by atoms with van der Waals surface area (Å²) in [5.74, 6) is 0.465. The SMILES string of the molecule is PP(P)P(P(P)P)P(P(P)P)P(P)P.[C-]#[N+]/C(C#N)=C(\C)C(=C(C#N)C#N)C1CCCC1C. The highest BCUT2D eigenvalue weighted by Gasteiger charge is 2.33. The highest BCUT2D eigenvalue weighted by Crippen LogP contribution is 3.21. The summed E-state index contributed by atoms with van der Waals surface area (Å²) in [4.78, 5) is 3.19. The van der Waals surface area contributed by atoms with Gasteiger partial charge in [0.2, 0.25) is 0 Å². The Hall–Kier alpha value is 3.46. The van der Waals surface area contributed by atoms with Gasteiger partial charge >= 0.3 is 0 Å². The number of nitriles is 3. The van der Waals surface area contributed by atoms with Gasteiger partial charge in [-0.15, -0.1) is 71.4 Å². The lowest BCUT2D eigenvalue weighted by molar-refractivity contribution is 0.482. The molecule has 0 saturated heterocycles. The molecule has 0 aliphatic heterocycles. The van der Waals surface area contributed by atoms with Crippen molar-refractivity contribution in [1.82, 2.24) is 0 Å². The highest BCUT2D eigenvalue weighted by molar-refractivity contribution is 9.27. The van der Waals surface area contributed by atoms with Gasteiger partial charge in [0.25, 0.3) is 5.70 Å². The third-order valence-corrected chi connectivity index (χ3v) is 83.6. The standard InChI is InChI=1S/C15H14N4.H16P14/c1-10-5-4-6-13(10)15(12(7-16)8-17)11(2)14(9-18)19-3;1-9(2)13(10(3)4)14(11(5)6)12(7)8/h10,13H,4-6H2,1-2H3;1-8H2/b14-11+;. The molecule has 0 amide bonds. The van der Waals surface area contributed by atoms with E-state index in [9.17, 15) is 0 Å². The number of nitrogens with zero attached hydrogens (tertiary/aromatic N) is 4. The van der Waals surface area contributed by atoms with Crippen LogP contribution in [0.15, 0.2) is 22.4 Å². The van der Waals surface area contributed by atoms with Gasteiger partial charge in [-0.25, -0.2) is 10.1 Å². The van der Waals surface area contributed by atoms with Gasteiger partial charge in [-0.1, -0.05) is 19.8 Å². The summed E-state index contributed by atoms with van der Waals surface area (Å²) in [7, 11) is 24.4. The summed E-state index contributed by atoms with van der Waals surface area (Å²) in [5, 5.41) is 27.2. The largest absolute Gasteiger partial charge is 0.265 e. The lowest BCUT2D eigenvalue weighted by Gasteiger charge is -2.37. The van der Waals surface area contributed by atoms with E-state index in [0.717, 1.165) is 19.3 Å². The summed E-state index contributed by atoms with van der Waals surface area (Å²) >= 11 is 0. The van der Waals surface area contributed by atoms with E-state index in [1.165, 1.54) is 0 Å². The zero-order valence-corrected chi connectivity index (χ0v) is 33.0. The normalized spacial score (nSPS) is 18.4. The number of hydrogen-bond donors (Lipinski definition) is 0. The first-order valence-electron chi connectivity index (χ1n) is 9.20. The Labute approximate surface area is 225 Å². The minimum absolute atomic E-state index is 0.0305. The van der Waals surface area contributed by atoms with Crippen molar-refractivity contribution >= 4 is 113 Å². The molecule has 0 radical (unpaired) electrons. The minimum Gasteiger partial charge on any atom is -0.226 e. The van der Waals surface area contributed by atoms with E-state index >= 15 is 0 Å². The smallest absolute Gasteiger partial charge is 0.226 e. The van der Waals surface area contributed by atoms with Crippen LogP contribution >= 0.6 is 113 Å². The van der Waals surface area contributed by atoms with Crippen LogP contribution in [0, 0.1) is 52.4 Å². The Bertz CT molecular complexity index is 822. The van der Waals surface area contributed by atoms with E-state index in [-0.39, 0.29) is 59.1 Å². The summed E-state index contributed by atoms with van der Waals surface area (Å²) in [6, 6.07) is 5.66. The van der Waals surface area contributed by atoms with Crippen molar-refractivity contribution in [2.45, 2.75) is 33.1 Å². The maximum atomic E-state index is 9.11. The predicted octanol–water partition coefficient (Wildman–Crippen LogP) is 11.3. The van der Waals surface area contributed by atoms with Gasteiger partial charge in [0.05, 0.1) is 12.6 Å². The monoisotopic (exact) mass is 700 g/mol. The van der Waals surface area contributed by atoms with Crippen LogP contribution in [0.4, 0.5) is 0 Å². The van der Waals surface area contributed by atoms with Crippen molar-refractivity contribution in [2.75, 3.05) is 0 Å². The lowest BCUT2D eigenvalue weighted by Crippen LogP contribution is -2.11. The van der Waals surface area contributed by atoms with Gasteiger partial charge in [0.15, 0.2) is 0 Å². The fourth-order valence-corrected chi connectivity index (χ4v) is 150. The summed E-state index contributed by atoms with van der Waals surface area (Å²) in [6.45, 7) is 11.5. The highest BCUT2D eigenvalue weighted by atomic mass is 33.3. The molecule has 1 aliphatic rings. The van der Waals surface area contributed by atoms with Crippen molar-refractivity contribution in [3.05, 3.63) is 33.8 Å². The average molecular weight is 700 g/mol. The Morgan fingerprint density at radius 3 is 1.48 bits per heavy atom. The van der Waals surface area contributed by atoms with Gasteiger partial charge in [0.1, 0.15) is 17.7 Å². The molecule has 33 heavy (non-hydrogen) atoms. The van der Waals surface area contributed by atoms with Crippen LogP contribution in [0.3, 0.4) is 0 Å². The van der Waals surface area contributed by atoms with E-state index in [2.05, 4.69) is 83.2 Å². The minimum atomic E-state index is -0.0305. The summed E-state index contributed by atoms with van der Waals surface area (Å²) in [6.07, 6.45) is 3.00. The van der Waals surface area contributed by atoms with E-state index in [1.54, 1.807) is 6.92 Å². The molecule has 0 aromatic rings. The van der Waals surface area contributed by atoms with E-state index in [0.29, 0.717) is 17.1 Å². The molecule has 0 bridgehead atoms. The lowest BCUT2D eigenvalue weighted by atomic mass is 9.82. The van der Waals surface area contributed by atoms with Gasteiger partial charge < -0.3 is 0 Å². The van der Waals surface area contributed by atoms with E-state index in [1.807, 2.05) is 18.2 Å². The molecule has 10 atom stereocenters. The molecule has 0 aromatic carbocycles. The van der Waals surface area contributed by atoms with Crippen molar-refractivity contribution in [3.63, 3.8) is 0 Å². The zero-order chi connectivity index (χ0) is 25.9. The van der Waals surface area contributed by atoms with Gasteiger partial charge in [0, 0.05) is 0 Å². The van der Waals surface area contributed by atoms with Crippen LogP contribution < -0.4 is 0 Å². The third kappa shape index (κ3) is 12.0. The number of hydrogen-bond acceptors (Lipinski definition) is 3. The maximum absolute atomic E-state index is 9.11.